The normalized spacial score (nSPS) is 25.2. The van der Waals surface area contributed by atoms with Crippen molar-refractivity contribution in [1.29, 1.82) is 0 Å². The molecular weight excluding hydrogens is 326 g/mol. The maximum Gasteiger partial charge on any atom is 0.410 e. The van der Waals surface area contributed by atoms with Crippen molar-refractivity contribution in [3.05, 3.63) is 29.3 Å². The minimum atomic E-state index is -0.153. The molecule has 3 heterocycles. The molecular formula is C21H31N3O2. The minimum absolute atomic E-state index is 0.153. The van der Waals surface area contributed by atoms with Gasteiger partial charge in [-0.15, -0.1) is 0 Å². The molecule has 2 unspecified atom stereocenters. The molecule has 5 heteroatoms. The average molecular weight is 357 g/mol. The number of amides is 1. The number of nitrogens with one attached hydrogen (secondary N) is 1. The number of carbonyl (C=O) groups is 1. The summed E-state index contributed by atoms with van der Waals surface area (Å²) in [5.74, 6) is 1.71. The smallest absolute Gasteiger partial charge is 0.410 e. The van der Waals surface area contributed by atoms with E-state index in [1.165, 1.54) is 24.1 Å². The van der Waals surface area contributed by atoms with Crippen molar-refractivity contribution in [2.75, 3.05) is 44.2 Å². The van der Waals surface area contributed by atoms with Crippen molar-refractivity contribution < 1.29 is 9.53 Å². The van der Waals surface area contributed by atoms with Gasteiger partial charge in [-0.25, -0.2) is 4.79 Å². The van der Waals surface area contributed by atoms with Crippen LogP contribution in [0.15, 0.2) is 18.2 Å². The third-order valence-corrected chi connectivity index (χ3v) is 6.22. The summed E-state index contributed by atoms with van der Waals surface area (Å²) in [5.41, 5.74) is 3.73. The number of carbonyl (C=O) groups excluding carboxylic acids is 1. The fraction of sp³-hybridized carbons (Fsp3) is 0.667. The molecule has 0 radical (unpaired) electrons. The number of benzene rings is 1. The van der Waals surface area contributed by atoms with Crippen LogP contribution in [0, 0.1) is 11.8 Å². The predicted octanol–water partition coefficient (Wildman–Crippen LogP) is 3.20. The number of rotatable bonds is 4. The molecule has 3 fully saturated rings. The maximum absolute atomic E-state index is 12.5. The minimum Gasteiger partial charge on any atom is -0.444 e. The lowest BCUT2D eigenvalue weighted by molar-refractivity contribution is 0.102. The van der Waals surface area contributed by atoms with E-state index in [1.54, 1.807) is 0 Å². The van der Waals surface area contributed by atoms with Crippen LogP contribution >= 0.6 is 0 Å². The summed E-state index contributed by atoms with van der Waals surface area (Å²) in [7, 11) is 0. The SMILES string of the molecule is CC(C)c1ccc(COC(=O)N2CC3CNCC3C2)c(N2CCCC2)c1. The number of ether oxygens (including phenoxy) is 1. The van der Waals surface area contributed by atoms with Gasteiger partial charge < -0.3 is 19.9 Å². The van der Waals surface area contributed by atoms with Crippen LogP contribution in [0.25, 0.3) is 0 Å². The summed E-state index contributed by atoms with van der Waals surface area (Å²) in [6.07, 6.45) is 2.34. The number of hydrogen-bond donors (Lipinski definition) is 1. The van der Waals surface area contributed by atoms with E-state index in [2.05, 4.69) is 42.3 Å². The van der Waals surface area contributed by atoms with Gasteiger partial charge in [0.2, 0.25) is 0 Å². The molecule has 3 aliphatic rings. The summed E-state index contributed by atoms with van der Waals surface area (Å²) in [4.78, 5) is 16.9. The summed E-state index contributed by atoms with van der Waals surface area (Å²) in [6.45, 7) is 10.8. The van der Waals surface area contributed by atoms with E-state index in [-0.39, 0.29) is 6.09 Å². The summed E-state index contributed by atoms with van der Waals surface area (Å²) >= 11 is 0. The van der Waals surface area contributed by atoms with Crippen LogP contribution in [0.4, 0.5) is 10.5 Å². The summed E-state index contributed by atoms with van der Waals surface area (Å²) in [6, 6.07) is 6.63. The molecule has 1 amide bonds. The Bertz CT molecular complexity index is 643. The number of hydrogen-bond acceptors (Lipinski definition) is 4. The second-order valence-corrected chi connectivity index (χ2v) is 8.37. The highest BCUT2D eigenvalue weighted by molar-refractivity contribution is 5.68. The molecule has 4 rings (SSSR count). The van der Waals surface area contributed by atoms with Crippen molar-refractivity contribution in [3.63, 3.8) is 0 Å². The number of likely N-dealkylation sites (tertiary alicyclic amines) is 1. The quantitative estimate of drug-likeness (QED) is 0.899. The summed E-state index contributed by atoms with van der Waals surface area (Å²) < 4.78 is 5.72. The maximum atomic E-state index is 12.5. The van der Waals surface area contributed by atoms with Crippen LogP contribution in [-0.4, -0.2) is 50.3 Å². The molecule has 0 saturated carbocycles. The first-order valence-corrected chi connectivity index (χ1v) is 10.1. The van der Waals surface area contributed by atoms with Crippen LogP contribution in [0.1, 0.15) is 43.7 Å². The monoisotopic (exact) mass is 357 g/mol. The van der Waals surface area contributed by atoms with Crippen LogP contribution in [0.3, 0.4) is 0 Å². The Hall–Kier alpha value is -1.75. The van der Waals surface area contributed by atoms with E-state index in [1.807, 2.05) is 4.90 Å². The van der Waals surface area contributed by atoms with Gasteiger partial charge in [-0.2, -0.15) is 0 Å². The number of anilines is 1. The molecule has 0 bridgehead atoms. The fourth-order valence-electron chi connectivity index (χ4n) is 4.55. The molecule has 3 aliphatic heterocycles. The van der Waals surface area contributed by atoms with Crippen molar-refractivity contribution in [2.24, 2.45) is 11.8 Å². The third kappa shape index (κ3) is 3.54. The van der Waals surface area contributed by atoms with Gasteiger partial charge in [0, 0.05) is 50.5 Å². The molecule has 0 spiro atoms. The van der Waals surface area contributed by atoms with Crippen LogP contribution in [0.5, 0.6) is 0 Å². The van der Waals surface area contributed by atoms with Gasteiger partial charge in [-0.05, 0) is 42.2 Å². The van der Waals surface area contributed by atoms with E-state index in [0.29, 0.717) is 24.4 Å². The molecule has 0 aromatic heterocycles. The Labute approximate surface area is 156 Å². The van der Waals surface area contributed by atoms with Gasteiger partial charge in [0.15, 0.2) is 0 Å². The predicted molar refractivity (Wildman–Crippen MR) is 104 cm³/mol. The van der Waals surface area contributed by atoms with Gasteiger partial charge in [0.05, 0.1) is 0 Å². The van der Waals surface area contributed by atoms with Crippen molar-refractivity contribution in [2.45, 2.75) is 39.2 Å². The van der Waals surface area contributed by atoms with Gasteiger partial charge in [-0.1, -0.05) is 26.0 Å². The van der Waals surface area contributed by atoms with Gasteiger partial charge in [0.25, 0.3) is 0 Å². The van der Waals surface area contributed by atoms with E-state index in [9.17, 15) is 4.79 Å². The Morgan fingerprint density at radius 1 is 1.19 bits per heavy atom. The molecule has 2 atom stereocenters. The second-order valence-electron chi connectivity index (χ2n) is 8.37. The van der Waals surface area contributed by atoms with Crippen LogP contribution in [0.2, 0.25) is 0 Å². The molecule has 142 valence electrons. The van der Waals surface area contributed by atoms with Crippen molar-refractivity contribution >= 4 is 11.8 Å². The van der Waals surface area contributed by atoms with Crippen LogP contribution < -0.4 is 10.2 Å². The Balaban J connectivity index is 1.43. The zero-order chi connectivity index (χ0) is 18.1. The molecule has 1 aromatic rings. The van der Waals surface area contributed by atoms with Gasteiger partial charge >= 0.3 is 6.09 Å². The van der Waals surface area contributed by atoms with Crippen LogP contribution in [-0.2, 0) is 11.3 Å². The molecule has 1 aromatic carbocycles. The van der Waals surface area contributed by atoms with Crippen molar-refractivity contribution in [1.82, 2.24) is 10.2 Å². The van der Waals surface area contributed by atoms with Crippen molar-refractivity contribution in [3.8, 4) is 0 Å². The zero-order valence-corrected chi connectivity index (χ0v) is 16.0. The highest BCUT2D eigenvalue weighted by Gasteiger charge is 2.38. The summed E-state index contributed by atoms with van der Waals surface area (Å²) in [5, 5.41) is 3.41. The van der Waals surface area contributed by atoms with E-state index >= 15 is 0 Å². The average Bonchev–Trinajstić information content (AvgIpc) is 3.35. The molecule has 1 N–H and O–H groups in total. The molecule has 5 nitrogen and oxygen atoms in total. The lowest BCUT2D eigenvalue weighted by Crippen LogP contribution is -2.32. The first-order valence-electron chi connectivity index (χ1n) is 10.1. The first-order chi connectivity index (χ1) is 12.6. The lowest BCUT2D eigenvalue weighted by Gasteiger charge is -2.24. The fourth-order valence-corrected chi connectivity index (χ4v) is 4.55. The lowest BCUT2D eigenvalue weighted by atomic mass is 10.00. The molecule has 3 saturated heterocycles. The largest absolute Gasteiger partial charge is 0.444 e. The highest BCUT2D eigenvalue weighted by atomic mass is 16.6. The van der Waals surface area contributed by atoms with E-state index in [4.69, 9.17) is 4.74 Å². The van der Waals surface area contributed by atoms with E-state index in [0.717, 1.165) is 44.8 Å². The Morgan fingerprint density at radius 2 is 1.88 bits per heavy atom. The number of fused-ring (bicyclic) bond motifs is 1. The molecule has 0 aliphatic carbocycles. The zero-order valence-electron chi connectivity index (χ0n) is 16.0. The Kier molecular flexibility index (Phi) is 5.07. The Morgan fingerprint density at radius 3 is 2.54 bits per heavy atom. The highest BCUT2D eigenvalue weighted by Crippen LogP contribution is 2.30. The molecule has 26 heavy (non-hydrogen) atoms. The first kappa shape index (κ1) is 17.7. The van der Waals surface area contributed by atoms with E-state index < -0.39 is 0 Å². The third-order valence-electron chi connectivity index (χ3n) is 6.22. The standard InChI is InChI=1S/C21H31N3O2/c1-15(2)16-5-6-17(20(9-16)23-7-3-4-8-23)14-26-21(25)24-12-18-10-22-11-19(18)13-24/h5-6,9,15,18-19,22H,3-4,7-8,10-14H2,1-2H3. The number of nitrogens with zero attached hydrogens (tertiary/aromatic N) is 2. The van der Waals surface area contributed by atoms with Gasteiger partial charge in [0.1, 0.15) is 6.61 Å². The van der Waals surface area contributed by atoms with Gasteiger partial charge in [-0.3, -0.25) is 0 Å². The topological polar surface area (TPSA) is 44.8 Å². The second kappa shape index (κ2) is 7.47.